The van der Waals surface area contributed by atoms with E-state index in [0.717, 1.165) is 30.9 Å². The maximum Gasteiger partial charge on any atom is 0.253 e. The normalized spacial score (nSPS) is 17.5. The third kappa shape index (κ3) is 5.17. The molecule has 0 spiro atoms. The molecule has 2 heterocycles. The zero-order valence-corrected chi connectivity index (χ0v) is 15.9. The molecule has 7 nitrogen and oxygen atoms in total. The van der Waals surface area contributed by atoms with Gasteiger partial charge in [0, 0.05) is 26.2 Å². The number of likely N-dealkylation sites (tertiary alicyclic amines) is 1. The third-order valence-corrected chi connectivity index (χ3v) is 4.85. The molecule has 144 valence electrons. The van der Waals surface area contributed by atoms with Crippen molar-refractivity contribution in [2.24, 2.45) is 5.92 Å². The van der Waals surface area contributed by atoms with Gasteiger partial charge in [0.15, 0.2) is 0 Å². The van der Waals surface area contributed by atoms with Gasteiger partial charge in [0.2, 0.25) is 5.91 Å². The van der Waals surface area contributed by atoms with Gasteiger partial charge in [-0.3, -0.25) is 9.59 Å². The topological polar surface area (TPSA) is 79.3 Å². The van der Waals surface area contributed by atoms with Crippen LogP contribution in [0.3, 0.4) is 0 Å². The van der Waals surface area contributed by atoms with Gasteiger partial charge in [-0.05, 0) is 44.5 Å². The molecule has 0 radical (unpaired) electrons. The lowest BCUT2D eigenvalue weighted by atomic mass is 9.98. The first kappa shape index (κ1) is 19.1. The summed E-state index contributed by atoms with van der Waals surface area (Å²) in [6.45, 7) is 4.69. The summed E-state index contributed by atoms with van der Waals surface area (Å²) in [6.07, 6.45) is 5.83. The van der Waals surface area contributed by atoms with Gasteiger partial charge in [0.1, 0.15) is 0 Å². The number of aromatic nitrogens is 2. The van der Waals surface area contributed by atoms with Crippen molar-refractivity contribution in [3.05, 3.63) is 48.0 Å². The lowest BCUT2D eigenvalue weighted by Crippen LogP contribution is -2.39. The quantitative estimate of drug-likeness (QED) is 0.810. The number of hydrogen-bond donors (Lipinski definition) is 2. The van der Waals surface area contributed by atoms with Crippen LogP contribution in [0.25, 0.3) is 5.69 Å². The number of piperidine rings is 1. The number of carbonyl (C=O) groups excluding carboxylic acids is 2. The second-order valence-corrected chi connectivity index (χ2v) is 7.18. The van der Waals surface area contributed by atoms with E-state index in [9.17, 15) is 9.59 Å². The Morgan fingerprint density at radius 3 is 2.85 bits per heavy atom. The van der Waals surface area contributed by atoms with Crippen LogP contribution < -0.4 is 10.6 Å². The van der Waals surface area contributed by atoms with Crippen molar-refractivity contribution in [2.45, 2.75) is 26.3 Å². The summed E-state index contributed by atoms with van der Waals surface area (Å²) in [5.41, 5.74) is 2.13. The highest BCUT2D eigenvalue weighted by atomic mass is 16.2. The summed E-state index contributed by atoms with van der Waals surface area (Å²) in [6, 6.07) is 7.48. The summed E-state index contributed by atoms with van der Waals surface area (Å²) in [5.74, 6) is 0.325. The van der Waals surface area contributed by atoms with Crippen LogP contribution in [0.4, 0.5) is 0 Å². The largest absolute Gasteiger partial charge is 0.352 e. The maximum absolute atomic E-state index is 12.8. The molecule has 2 aromatic rings. The fourth-order valence-electron chi connectivity index (χ4n) is 3.46. The van der Waals surface area contributed by atoms with E-state index in [1.165, 1.54) is 13.3 Å². The van der Waals surface area contributed by atoms with Crippen LogP contribution in [0.1, 0.15) is 35.8 Å². The van der Waals surface area contributed by atoms with Crippen molar-refractivity contribution in [3.8, 4) is 5.69 Å². The molecule has 1 saturated heterocycles. The van der Waals surface area contributed by atoms with Gasteiger partial charge in [-0.2, -0.15) is 0 Å². The molecule has 0 unspecified atom stereocenters. The number of para-hydroxylation sites is 1. The van der Waals surface area contributed by atoms with Crippen molar-refractivity contribution in [1.29, 1.82) is 0 Å². The van der Waals surface area contributed by atoms with Crippen LogP contribution in [-0.2, 0) is 11.3 Å². The molecule has 1 aromatic heterocycles. The minimum Gasteiger partial charge on any atom is -0.352 e. The van der Waals surface area contributed by atoms with E-state index in [4.69, 9.17) is 0 Å². The Morgan fingerprint density at radius 2 is 2.07 bits per heavy atom. The summed E-state index contributed by atoms with van der Waals surface area (Å²) >= 11 is 0. The number of nitrogens with one attached hydrogen (secondary N) is 2. The van der Waals surface area contributed by atoms with E-state index in [2.05, 4.69) is 27.6 Å². The number of nitrogens with zero attached hydrogens (tertiary/aromatic N) is 3. The molecule has 1 aliphatic heterocycles. The standard InChI is InChI=1S/C20H27N5O2/c1-15(26)21-11-17-13-25(14-23-17)19-8-4-3-7-18(19)20(27)22-10-16-6-5-9-24(2)12-16/h3-4,7-8,13-14,16H,5-6,9-12H2,1-2H3,(H,21,26)(H,22,27)/t16-/m0/s1. The molecule has 1 aromatic carbocycles. The Balaban J connectivity index is 1.68. The third-order valence-electron chi connectivity index (χ3n) is 4.85. The van der Waals surface area contributed by atoms with Gasteiger partial charge < -0.3 is 20.1 Å². The van der Waals surface area contributed by atoms with Crippen LogP contribution in [-0.4, -0.2) is 52.9 Å². The number of benzene rings is 1. The average Bonchev–Trinajstić information content (AvgIpc) is 3.13. The van der Waals surface area contributed by atoms with Crippen LogP contribution in [0.15, 0.2) is 36.8 Å². The van der Waals surface area contributed by atoms with Gasteiger partial charge in [-0.25, -0.2) is 4.98 Å². The van der Waals surface area contributed by atoms with Crippen LogP contribution in [0.5, 0.6) is 0 Å². The Hall–Kier alpha value is -2.67. The molecule has 7 heteroatoms. The van der Waals surface area contributed by atoms with Gasteiger partial charge in [-0.1, -0.05) is 12.1 Å². The Bertz CT molecular complexity index is 801. The maximum atomic E-state index is 12.8. The molecular weight excluding hydrogens is 342 g/mol. The predicted molar refractivity (Wildman–Crippen MR) is 104 cm³/mol. The number of amides is 2. The molecule has 3 rings (SSSR count). The molecule has 1 aliphatic rings. The van der Waals surface area contributed by atoms with E-state index < -0.39 is 0 Å². The first-order valence-corrected chi connectivity index (χ1v) is 9.36. The highest BCUT2D eigenvalue weighted by Crippen LogP contribution is 2.17. The van der Waals surface area contributed by atoms with Crippen LogP contribution >= 0.6 is 0 Å². The molecule has 0 bridgehead atoms. The van der Waals surface area contributed by atoms with Crippen molar-refractivity contribution in [3.63, 3.8) is 0 Å². The zero-order valence-electron chi connectivity index (χ0n) is 15.9. The monoisotopic (exact) mass is 369 g/mol. The molecule has 0 aliphatic carbocycles. The lowest BCUT2D eigenvalue weighted by molar-refractivity contribution is -0.119. The van der Waals surface area contributed by atoms with E-state index in [1.807, 2.05) is 35.0 Å². The van der Waals surface area contributed by atoms with Crippen LogP contribution in [0.2, 0.25) is 0 Å². The van der Waals surface area contributed by atoms with Crippen molar-refractivity contribution in [1.82, 2.24) is 25.1 Å². The second kappa shape index (κ2) is 8.81. The minimum absolute atomic E-state index is 0.0732. The first-order chi connectivity index (χ1) is 13.0. The van der Waals surface area contributed by atoms with Crippen molar-refractivity contribution in [2.75, 3.05) is 26.7 Å². The number of rotatable bonds is 6. The number of imidazole rings is 1. The number of carbonyl (C=O) groups is 2. The highest BCUT2D eigenvalue weighted by Gasteiger charge is 2.19. The fourth-order valence-corrected chi connectivity index (χ4v) is 3.46. The average molecular weight is 369 g/mol. The zero-order chi connectivity index (χ0) is 19.2. The molecule has 27 heavy (non-hydrogen) atoms. The summed E-state index contributed by atoms with van der Waals surface area (Å²) in [4.78, 5) is 30.4. The predicted octanol–water partition coefficient (Wildman–Crippen LogP) is 1.58. The minimum atomic E-state index is -0.0994. The van der Waals surface area contributed by atoms with Crippen molar-refractivity contribution >= 4 is 11.8 Å². The van der Waals surface area contributed by atoms with Crippen LogP contribution in [0, 0.1) is 5.92 Å². The molecule has 1 atom stereocenters. The fraction of sp³-hybridized carbons (Fsp3) is 0.450. The molecular formula is C20H27N5O2. The Kier molecular flexibility index (Phi) is 6.24. The summed E-state index contributed by atoms with van der Waals surface area (Å²) in [7, 11) is 2.13. The van der Waals surface area contributed by atoms with E-state index in [1.54, 1.807) is 6.33 Å². The summed E-state index contributed by atoms with van der Waals surface area (Å²) < 4.78 is 1.82. The summed E-state index contributed by atoms with van der Waals surface area (Å²) in [5, 5.41) is 5.82. The van der Waals surface area contributed by atoms with Gasteiger partial charge in [0.25, 0.3) is 5.91 Å². The second-order valence-electron chi connectivity index (χ2n) is 7.18. The van der Waals surface area contributed by atoms with Gasteiger partial charge in [0.05, 0.1) is 29.8 Å². The Labute approximate surface area is 159 Å². The van der Waals surface area contributed by atoms with E-state index in [-0.39, 0.29) is 11.8 Å². The molecule has 2 N–H and O–H groups in total. The van der Waals surface area contributed by atoms with Crippen molar-refractivity contribution < 1.29 is 9.59 Å². The Morgan fingerprint density at radius 1 is 1.26 bits per heavy atom. The first-order valence-electron chi connectivity index (χ1n) is 9.36. The van der Waals surface area contributed by atoms with Gasteiger partial charge in [-0.15, -0.1) is 0 Å². The molecule has 2 amide bonds. The SMILES string of the molecule is CC(=O)NCc1cn(-c2ccccc2C(=O)NC[C@@H]2CCCN(C)C2)cn1. The molecule has 0 saturated carbocycles. The lowest BCUT2D eigenvalue weighted by Gasteiger charge is -2.29. The van der Waals surface area contributed by atoms with E-state index in [0.29, 0.717) is 24.6 Å². The van der Waals surface area contributed by atoms with E-state index >= 15 is 0 Å². The smallest absolute Gasteiger partial charge is 0.253 e. The highest BCUT2D eigenvalue weighted by molar-refractivity contribution is 5.97. The number of hydrogen-bond acceptors (Lipinski definition) is 4. The molecule has 1 fully saturated rings. The van der Waals surface area contributed by atoms with Gasteiger partial charge >= 0.3 is 0 Å².